The standard InChI is InChI=1S/C19H19Cl2N3O3/c1-11(27-16-4-2-3-15(20)17(16)21)18(25)22-12-5-7-13(8-6-12)23-19(26)24-14-9-10-14/h2-8,11,14H,9-10H2,1H3,(H,22,25)(H2,23,24,26). The molecule has 1 aliphatic carbocycles. The maximum Gasteiger partial charge on any atom is 0.319 e. The van der Waals surface area contributed by atoms with Gasteiger partial charge >= 0.3 is 6.03 Å². The fraction of sp³-hybridized carbons (Fsp3) is 0.263. The van der Waals surface area contributed by atoms with Gasteiger partial charge in [-0.05, 0) is 56.2 Å². The molecule has 0 aromatic heterocycles. The largest absolute Gasteiger partial charge is 0.479 e. The zero-order valence-corrected chi connectivity index (χ0v) is 16.1. The number of benzene rings is 2. The van der Waals surface area contributed by atoms with Crippen molar-refractivity contribution in [2.24, 2.45) is 0 Å². The molecule has 0 aliphatic heterocycles. The average molecular weight is 408 g/mol. The van der Waals surface area contributed by atoms with Crippen LogP contribution in [0.3, 0.4) is 0 Å². The van der Waals surface area contributed by atoms with Gasteiger partial charge in [0, 0.05) is 17.4 Å². The number of ether oxygens (including phenoxy) is 1. The summed E-state index contributed by atoms with van der Waals surface area (Å²) in [4.78, 5) is 24.0. The Hall–Kier alpha value is -2.44. The number of halogens is 2. The molecule has 2 aromatic rings. The third-order valence-electron chi connectivity index (χ3n) is 3.91. The van der Waals surface area contributed by atoms with Crippen LogP contribution in [0.1, 0.15) is 19.8 Å². The number of amides is 3. The van der Waals surface area contributed by atoms with E-state index in [-0.39, 0.29) is 23.0 Å². The minimum atomic E-state index is -0.775. The molecule has 8 heteroatoms. The molecule has 3 N–H and O–H groups in total. The van der Waals surface area contributed by atoms with E-state index < -0.39 is 6.10 Å². The van der Waals surface area contributed by atoms with Crippen LogP contribution in [0.15, 0.2) is 42.5 Å². The van der Waals surface area contributed by atoms with Crippen LogP contribution in [-0.2, 0) is 4.79 Å². The highest BCUT2D eigenvalue weighted by atomic mass is 35.5. The predicted octanol–water partition coefficient (Wildman–Crippen LogP) is 4.68. The van der Waals surface area contributed by atoms with Gasteiger partial charge in [-0.2, -0.15) is 0 Å². The van der Waals surface area contributed by atoms with Gasteiger partial charge in [0.15, 0.2) is 6.10 Å². The number of anilines is 2. The molecule has 0 spiro atoms. The summed E-state index contributed by atoms with van der Waals surface area (Å²) in [7, 11) is 0. The van der Waals surface area contributed by atoms with Crippen molar-refractivity contribution in [1.82, 2.24) is 5.32 Å². The first-order valence-electron chi connectivity index (χ1n) is 8.51. The number of urea groups is 1. The normalized spacial score (nSPS) is 14.2. The zero-order chi connectivity index (χ0) is 19.4. The summed E-state index contributed by atoms with van der Waals surface area (Å²) in [5.74, 6) is 0.00580. The highest BCUT2D eigenvalue weighted by Gasteiger charge is 2.23. The van der Waals surface area contributed by atoms with Crippen molar-refractivity contribution >= 4 is 46.5 Å². The molecule has 0 saturated heterocycles. The Morgan fingerprint density at radius 3 is 2.30 bits per heavy atom. The summed E-state index contributed by atoms with van der Waals surface area (Å²) in [5, 5.41) is 8.96. The van der Waals surface area contributed by atoms with Crippen LogP contribution in [0.2, 0.25) is 10.0 Å². The van der Waals surface area contributed by atoms with Crippen molar-refractivity contribution in [2.75, 3.05) is 10.6 Å². The van der Waals surface area contributed by atoms with Crippen LogP contribution in [0.5, 0.6) is 5.75 Å². The molecule has 27 heavy (non-hydrogen) atoms. The maximum absolute atomic E-state index is 12.3. The third kappa shape index (κ3) is 5.52. The lowest BCUT2D eigenvalue weighted by Crippen LogP contribution is -2.30. The van der Waals surface area contributed by atoms with Crippen LogP contribution in [0.25, 0.3) is 0 Å². The first-order valence-corrected chi connectivity index (χ1v) is 9.27. The van der Waals surface area contributed by atoms with E-state index >= 15 is 0 Å². The number of carbonyl (C=O) groups is 2. The molecule has 3 amide bonds. The Morgan fingerprint density at radius 2 is 1.67 bits per heavy atom. The number of nitrogens with one attached hydrogen (secondary N) is 3. The van der Waals surface area contributed by atoms with E-state index in [0.717, 1.165) is 12.8 Å². The molecule has 6 nitrogen and oxygen atoms in total. The van der Waals surface area contributed by atoms with Gasteiger partial charge < -0.3 is 20.7 Å². The quantitative estimate of drug-likeness (QED) is 0.649. The Balaban J connectivity index is 1.53. The fourth-order valence-electron chi connectivity index (χ4n) is 2.28. The Labute approximate surface area is 167 Å². The summed E-state index contributed by atoms with van der Waals surface area (Å²) in [6.07, 6.45) is 1.28. The molecule has 1 unspecified atom stereocenters. The van der Waals surface area contributed by atoms with Crippen molar-refractivity contribution in [1.29, 1.82) is 0 Å². The third-order valence-corrected chi connectivity index (χ3v) is 4.71. The summed E-state index contributed by atoms with van der Waals surface area (Å²) in [5.41, 5.74) is 1.22. The van der Waals surface area contributed by atoms with Crippen LogP contribution in [-0.4, -0.2) is 24.1 Å². The molecule has 0 radical (unpaired) electrons. The molecule has 142 valence electrons. The van der Waals surface area contributed by atoms with Gasteiger partial charge in [0.1, 0.15) is 10.8 Å². The molecular weight excluding hydrogens is 389 g/mol. The molecule has 2 aromatic carbocycles. The first kappa shape index (κ1) is 19.3. The van der Waals surface area contributed by atoms with Gasteiger partial charge in [-0.25, -0.2) is 4.79 Å². The topological polar surface area (TPSA) is 79.5 Å². The summed E-state index contributed by atoms with van der Waals surface area (Å²) in [6, 6.07) is 11.9. The second kappa shape index (κ2) is 8.50. The Bertz CT molecular complexity index is 839. The Morgan fingerprint density at radius 1 is 1.04 bits per heavy atom. The van der Waals surface area contributed by atoms with Crippen LogP contribution in [0.4, 0.5) is 16.2 Å². The van der Waals surface area contributed by atoms with Crippen molar-refractivity contribution in [3.8, 4) is 5.75 Å². The van der Waals surface area contributed by atoms with Gasteiger partial charge in [-0.15, -0.1) is 0 Å². The summed E-state index contributed by atoms with van der Waals surface area (Å²) < 4.78 is 5.59. The lowest BCUT2D eigenvalue weighted by atomic mass is 10.2. The number of carbonyl (C=O) groups excluding carboxylic acids is 2. The lowest BCUT2D eigenvalue weighted by molar-refractivity contribution is -0.122. The minimum Gasteiger partial charge on any atom is -0.479 e. The van der Waals surface area contributed by atoms with Crippen molar-refractivity contribution in [3.05, 3.63) is 52.5 Å². The molecule has 1 saturated carbocycles. The molecule has 1 fully saturated rings. The van der Waals surface area contributed by atoms with Gasteiger partial charge in [0.05, 0.1) is 5.02 Å². The first-order chi connectivity index (χ1) is 12.9. The van der Waals surface area contributed by atoms with Crippen molar-refractivity contribution < 1.29 is 14.3 Å². The van der Waals surface area contributed by atoms with Crippen LogP contribution >= 0.6 is 23.2 Å². The number of hydrogen-bond acceptors (Lipinski definition) is 3. The average Bonchev–Trinajstić information content (AvgIpc) is 3.44. The predicted molar refractivity (Wildman–Crippen MR) is 107 cm³/mol. The highest BCUT2D eigenvalue weighted by Crippen LogP contribution is 2.32. The van der Waals surface area contributed by atoms with Crippen molar-refractivity contribution in [3.63, 3.8) is 0 Å². The molecule has 1 aliphatic rings. The minimum absolute atomic E-state index is 0.227. The Kier molecular flexibility index (Phi) is 6.08. The SMILES string of the molecule is CC(Oc1cccc(Cl)c1Cl)C(=O)Nc1ccc(NC(=O)NC2CC2)cc1. The fourth-order valence-corrected chi connectivity index (χ4v) is 2.62. The summed E-state index contributed by atoms with van der Waals surface area (Å²) >= 11 is 12.0. The molecule has 1 atom stereocenters. The molecule has 0 heterocycles. The van der Waals surface area contributed by atoms with E-state index in [0.29, 0.717) is 22.1 Å². The monoisotopic (exact) mass is 407 g/mol. The van der Waals surface area contributed by atoms with E-state index in [9.17, 15) is 9.59 Å². The number of hydrogen-bond donors (Lipinski definition) is 3. The van der Waals surface area contributed by atoms with Gasteiger partial charge in [0.2, 0.25) is 0 Å². The smallest absolute Gasteiger partial charge is 0.319 e. The van der Waals surface area contributed by atoms with E-state index in [1.165, 1.54) is 0 Å². The second-order valence-electron chi connectivity index (χ2n) is 6.25. The molecular formula is C19H19Cl2N3O3. The summed E-state index contributed by atoms with van der Waals surface area (Å²) in [6.45, 7) is 1.62. The van der Waals surface area contributed by atoms with Crippen molar-refractivity contribution in [2.45, 2.75) is 31.9 Å². The zero-order valence-electron chi connectivity index (χ0n) is 14.6. The maximum atomic E-state index is 12.3. The lowest BCUT2D eigenvalue weighted by Gasteiger charge is -2.16. The van der Waals surface area contributed by atoms with E-state index in [4.69, 9.17) is 27.9 Å². The van der Waals surface area contributed by atoms with Crippen LogP contribution in [0, 0.1) is 0 Å². The molecule has 0 bridgehead atoms. The molecule has 3 rings (SSSR count). The second-order valence-corrected chi connectivity index (χ2v) is 7.04. The van der Waals surface area contributed by atoms with Gasteiger partial charge in [-0.1, -0.05) is 29.3 Å². The van der Waals surface area contributed by atoms with E-state index in [1.807, 2.05) is 0 Å². The van der Waals surface area contributed by atoms with E-state index in [2.05, 4.69) is 16.0 Å². The number of rotatable bonds is 6. The highest BCUT2D eigenvalue weighted by molar-refractivity contribution is 6.42. The van der Waals surface area contributed by atoms with Gasteiger partial charge in [0.25, 0.3) is 5.91 Å². The van der Waals surface area contributed by atoms with Crippen LogP contribution < -0.4 is 20.7 Å². The van der Waals surface area contributed by atoms with E-state index in [1.54, 1.807) is 49.4 Å². The van der Waals surface area contributed by atoms with Gasteiger partial charge in [-0.3, -0.25) is 4.79 Å².